The highest BCUT2D eigenvalue weighted by molar-refractivity contribution is 14.0. The maximum Gasteiger partial charge on any atom is 0.193 e. The molecule has 0 saturated heterocycles. The lowest BCUT2D eigenvalue weighted by Gasteiger charge is -2.22. The highest BCUT2D eigenvalue weighted by Crippen LogP contribution is 2.29. The second-order valence-corrected chi connectivity index (χ2v) is 5.80. The number of aliphatic imine (C=N–C) groups is 1. The van der Waals surface area contributed by atoms with Gasteiger partial charge in [0.1, 0.15) is 0 Å². The minimum atomic E-state index is 0. The van der Waals surface area contributed by atoms with Gasteiger partial charge in [-0.05, 0) is 24.0 Å². The first-order chi connectivity index (χ1) is 10.4. The molecule has 0 aliphatic heterocycles. The maximum absolute atomic E-state index is 5.94. The summed E-state index contributed by atoms with van der Waals surface area (Å²) in [7, 11) is 4.90. The first-order valence-electron chi connectivity index (χ1n) is 7.20. The number of benzene rings is 1. The second kappa shape index (κ2) is 10.5. The Morgan fingerprint density at radius 2 is 1.83 bits per heavy atom. The van der Waals surface area contributed by atoms with Crippen molar-refractivity contribution in [3.8, 4) is 11.5 Å². The fourth-order valence-electron chi connectivity index (χ4n) is 1.86. The Balaban J connectivity index is 0.00000484. The number of methoxy groups -OCH3 is 3. The third-order valence-electron chi connectivity index (χ3n) is 3.32. The number of ether oxygens (including phenoxy) is 3. The molecule has 3 N–H and O–H groups in total. The fraction of sp³-hybridized carbons (Fsp3) is 0.562. The normalized spacial score (nSPS) is 11.6. The molecular formula is C16H28IN3O3. The smallest absolute Gasteiger partial charge is 0.193 e. The van der Waals surface area contributed by atoms with Crippen LogP contribution in [0.4, 0.5) is 5.69 Å². The SMILES string of the molecule is COCCC(C)(C)CN=C(N)Nc1ccc(OC)c(OC)c1.I. The molecular weight excluding hydrogens is 409 g/mol. The lowest BCUT2D eigenvalue weighted by molar-refractivity contribution is 0.155. The third-order valence-corrected chi connectivity index (χ3v) is 3.32. The van der Waals surface area contributed by atoms with Crippen LogP contribution in [0.25, 0.3) is 0 Å². The zero-order valence-corrected chi connectivity index (χ0v) is 16.8. The average Bonchev–Trinajstić information content (AvgIpc) is 2.51. The van der Waals surface area contributed by atoms with Crippen molar-refractivity contribution in [3.63, 3.8) is 0 Å². The topological polar surface area (TPSA) is 78.1 Å². The number of nitrogens with zero attached hydrogens (tertiary/aromatic N) is 1. The number of nitrogens with two attached hydrogens (primary N) is 1. The van der Waals surface area contributed by atoms with E-state index in [2.05, 4.69) is 24.2 Å². The van der Waals surface area contributed by atoms with Crippen LogP contribution in [-0.2, 0) is 4.74 Å². The van der Waals surface area contributed by atoms with E-state index in [1.54, 1.807) is 21.3 Å². The Morgan fingerprint density at radius 1 is 1.17 bits per heavy atom. The van der Waals surface area contributed by atoms with E-state index in [-0.39, 0.29) is 29.4 Å². The molecule has 0 atom stereocenters. The number of nitrogens with one attached hydrogen (secondary N) is 1. The van der Waals surface area contributed by atoms with Gasteiger partial charge in [0.2, 0.25) is 0 Å². The van der Waals surface area contributed by atoms with Crippen molar-refractivity contribution < 1.29 is 14.2 Å². The summed E-state index contributed by atoms with van der Waals surface area (Å²) in [5.74, 6) is 1.68. The van der Waals surface area contributed by atoms with Crippen LogP contribution >= 0.6 is 24.0 Å². The molecule has 1 aromatic carbocycles. The molecule has 6 nitrogen and oxygen atoms in total. The predicted molar refractivity (Wildman–Crippen MR) is 105 cm³/mol. The molecule has 0 amide bonds. The van der Waals surface area contributed by atoms with Gasteiger partial charge in [-0.25, -0.2) is 0 Å². The minimum Gasteiger partial charge on any atom is -0.493 e. The van der Waals surface area contributed by atoms with Gasteiger partial charge in [-0.1, -0.05) is 13.8 Å². The Kier molecular flexibility index (Phi) is 9.98. The summed E-state index contributed by atoms with van der Waals surface area (Å²) in [6.07, 6.45) is 0.927. The van der Waals surface area contributed by atoms with Crippen molar-refractivity contribution >= 4 is 35.6 Å². The van der Waals surface area contributed by atoms with Crippen molar-refractivity contribution in [3.05, 3.63) is 18.2 Å². The minimum absolute atomic E-state index is 0. The van der Waals surface area contributed by atoms with Crippen LogP contribution in [0, 0.1) is 5.41 Å². The van der Waals surface area contributed by atoms with Crippen molar-refractivity contribution in [2.45, 2.75) is 20.3 Å². The Labute approximate surface area is 155 Å². The lowest BCUT2D eigenvalue weighted by atomic mass is 9.90. The standard InChI is InChI=1S/C16H27N3O3.HI/c1-16(2,8-9-20-3)11-18-15(17)19-12-6-7-13(21-4)14(10-12)22-5;/h6-7,10H,8-9,11H2,1-5H3,(H3,17,18,19);1H. The summed E-state index contributed by atoms with van der Waals surface area (Å²) < 4.78 is 15.6. The van der Waals surface area contributed by atoms with E-state index in [0.29, 0.717) is 30.6 Å². The third kappa shape index (κ3) is 7.74. The second-order valence-electron chi connectivity index (χ2n) is 5.80. The molecule has 0 radical (unpaired) electrons. The quantitative estimate of drug-likeness (QED) is 0.371. The van der Waals surface area contributed by atoms with Gasteiger partial charge in [0.05, 0.1) is 14.2 Å². The molecule has 0 heterocycles. The van der Waals surface area contributed by atoms with Crippen LogP contribution in [0.3, 0.4) is 0 Å². The maximum atomic E-state index is 5.94. The number of halogens is 1. The lowest BCUT2D eigenvalue weighted by Crippen LogP contribution is -2.26. The summed E-state index contributed by atoms with van der Waals surface area (Å²) in [5.41, 5.74) is 6.78. The van der Waals surface area contributed by atoms with Gasteiger partial charge in [0.25, 0.3) is 0 Å². The number of hydrogen-bond acceptors (Lipinski definition) is 4. The summed E-state index contributed by atoms with van der Waals surface area (Å²) in [4.78, 5) is 4.40. The highest BCUT2D eigenvalue weighted by Gasteiger charge is 2.17. The van der Waals surface area contributed by atoms with Gasteiger partial charge < -0.3 is 25.3 Å². The highest BCUT2D eigenvalue weighted by atomic mass is 127. The van der Waals surface area contributed by atoms with Crippen molar-refractivity contribution in [2.75, 3.05) is 39.8 Å². The molecule has 0 spiro atoms. The molecule has 0 bridgehead atoms. The monoisotopic (exact) mass is 437 g/mol. The molecule has 0 fully saturated rings. The Hall–Kier alpha value is -1.22. The zero-order chi connectivity index (χ0) is 16.6. The van der Waals surface area contributed by atoms with E-state index in [9.17, 15) is 0 Å². The fourth-order valence-corrected chi connectivity index (χ4v) is 1.86. The van der Waals surface area contributed by atoms with Gasteiger partial charge in [0.15, 0.2) is 17.5 Å². The van der Waals surface area contributed by atoms with Crippen LogP contribution in [0.2, 0.25) is 0 Å². The van der Waals surface area contributed by atoms with Crippen molar-refractivity contribution in [1.82, 2.24) is 0 Å². The van der Waals surface area contributed by atoms with Gasteiger partial charge >= 0.3 is 0 Å². The number of hydrogen-bond donors (Lipinski definition) is 2. The first kappa shape index (κ1) is 21.8. The summed E-state index contributed by atoms with van der Waals surface area (Å²) in [6, 6.07) is 5.49. The Bertz CT molecular complexity index is 507. The zero-order valence-electron chi connectivity index (χ0n) is 14.5. The predicted octanol–water partition coefficient (Wildman–Crippen LogP) is 3.11. The van der Waals surface area contributed by atoms with E-state index in [0.717, 1.165) is 12.1 Å². The molecule has 0 aliphatic carbocycles. The molecule has 1 rings (SSSR count). The summed E-state index contributed by atoms with van der Waals surface area (Å²) in [6.45, 7) is 5.62. The van der Waals surface area contributed by atoms with E-state index in [1.807, 2.05) is 18.2 Å². The van der Waals surface area contributed by atoms with E-state index in [1.165, 1.54) is 0 Å². The van der Waals surface area contributed by atoms with Crippen LogP contribution in [-0.4, -0.2) is 40.4 Å². The molecule has 132 valence electrons. The summed E-state index contributed by atoms with van der Waals surface area (Å²) >= 11 is 0. The van der Waals surface area contributed by atoms with Crippen LogP contribution in [0.5, 0.6) is 11.5 Å². The van der Waals surface area contributed by atoms with E-state index >= 15 is 0 Å². The van der Waals surface area contributed by atoms with Crippen LogP contribution < -0.4 is 20.5 Å². The molecule has 0 aromatic heterocycles. The number of rotatable bonds is 8. The summed E-state index contributed by atoms with van der Waals surface area (Å²) in [5, 5.41) is 3.06. The molecule has 1 aromatic rings. The molecule has 23 heavy (non-hydrogen) atoms. The molecule has 0 saturated carbocycles. The molecule has 0 unspecified atom stereocenters. The van der Waals surface area contributed by atoms with Crippen LogP contribution in [0.1, 0.15) is 20.3 Å². The first-order valence-corrected chi connectivity index (χ1v) is 7.20. The largest absolute Gasteiger partial charge is 0.493 e. The average molecular weight is 437 g/mol. The van der Waals surface area contributed by atoms with Crippen molar-refractivity contribution in [2.24, 2.45) is 16.1 Å². The van der Waals surface area contributed by atoms with Gasteiger partial charge in [0, 0.05) is 32.0 Å². The number of guanidine groups is 1. The molecule has 0 aliphatic rings. The van der Waals surface area contributed by atoms with Gasteiger partial charge in [-0.3, -0.25) is 4.99 Å². The van der Waals surface area contributed by atoms with Gasteiger partial charge in [-0.2, -0.15) is 0 Å². The van der Waals surface area contributed by atoms with E-state index < -0.39 is 0 Å². The van der Waals surface area contributed by atoms with E-state index in [4.69, 9.17) is 19.9 Å². The van der Waals surface area contributed by atoms with Crippen molar-refractivity contribution in [1.29, 1.82) is 0 Å². The Morgan fingerprint density at radius 3 is 2.39 bits per heavy atom. The molecule has 7 heteroatoms. The van der Waals surface area contributed by atoms with Crippen LogP contribution in [0.15, 0.2) is 23.2 Å². The number of anilines is 1. The van der Waals surface area contributed by atoms with Gasteiger partial charge in [-0.15, -0.1) is 24.0 Å².